The van der Waals surface area contributed by atoms with Crippen molar-refractivity contribution in [2.45, 2.75) is 13.0 Å². The summed E-state index contributed by atoms with van der Waals surface area (Å²) in [6.07, 6.45) is 3.08. The number of aliphatic hydroxyl groups is 1. The minimum absolute atomic E-state index is 0.0859. The lowest BCUT2D eigenvalue weighted by molar-refractivity contribution is -0.132. The first-order valence-corrected chi connectivity index (χ1v) is 9.50. The van der Waals surface area contributed by atoms with Crippen LogP contribution >= 0.6 is 11.6 Å². The number of halogens is 2. The lowest BCUT2D eigenvalue weighted by Gasteiger charge is -2.27. The SMILES string of the molecule is Cc1c(Cl)cccc1N1C(=O)C(=O)/C(=C(/O)c2ccc(F)cc2)C1c1ccncc1. The van der Waals surface area contributed by atoms with Crippen molar-refractivity contribution in [2.75, 3.05) is 4.90 Å². The highest BCUT2D eigenvalue weighted by Gasteiger charge is 2.47. The number of hydrogen-bond donors (Lipinski definition) is 1. The number of ketones is 1. The summed E-state index contributed by atoms with van der Waals surface area (Å²) in [4.78, 5) is 31.4. The average Bonchev–Trinajstić information content (AvgIpc) is 3.01. The van der Waals surface area contributed by atoms with E-state index in [9.17, 15) is 19.1 Å². The molecule has 1 fully saturated rings. The summed E-state index contributed by atoms with van der Waals surface area (Å²) in [7, 11) is 0. The topological polar surface area (TPSA) is 70.5 Å². The van der Waals surface area contributed by atoms with Gasteiger partial charge in [0.2, 0.25) is 0 Å². The zero-order valence-corrected chi connectivity index (χ0v) is 16.6. The van der Waals surface area contributed by atoms with Gasteiger partial charge in [0.1, 0.15) is 11.6 Å². The van der Waals surface area contributed by atoms with Crippen LogP contribution in [0, 0.1) is 12.7 Å². The molecule has 0 saturated carbocycles. The monoisotopic (exact) mass is 422 g/mol. The maximum absolute atomic E-state index is 13.3. The van der Waals surface area contributed by atoms with Crippen LogP contribution in [0.15, 0.2) is 72.6 Å². The number of carbonyl (C=O) groups excluding carboxylic acids is 2. The van der Waals surface area contributed by atoms with Gasteiger partial charge in [-0.1, -0.05) is 17.7 Å². The fourth-order valence-corrected chi connectivity index (χ4v) is 3.73. The lowest BCUT2D eigenvalue weighted by atomic mass is 9.95. The molecule has 1 aliphatic rings. The van der Waals surface area contributed by atoms with Crippen molar-refractivity contribution < 1.29 is 19.1 Å². The maximum atomic E-state index is 13.3. The van der Waals surface area contributed by atoms with E-state index < -0.39 is 23.5 Å². The van der Waals surface area contributed by atoms with Crippen molar-refractivity contribution in [3.8, 4) is 0 Å². The Morgan fingerprint density at radius 3 is 2.40 bits per heavy atom. The van der Waals surface area contributed by atoms with E-state index >= 15 is 0 Å². The molecule has 1 aromatic heterocycles. The van der Waals surface area contributed by atoms with Gasteiger partial charge < -0.3 is 5.11 Å². The van der Waals surface area contributed by atoms with Gasteiger partial charge in [0.25, 0.3) is 11.7 Å². The Hall–Kier alpha value is -3.51. The molecule has 2 heterocycles. The van der Waals surface area contributed by atoms with Crippen molar-refractivity contribution in [1.82, 2.24) is 4.98 Å². The Morgan fingerprint density at radius 1 is 1.07 bits per heavy atom. The third kappa shape index (κ3) is 3.25. The fourth-order valence-electron chi connectivity index (χ4n) is 3.56. The van der Waals surface area contributed by atoms with Gasteiger partial charge in [0.15, 0.2) is 0 Å². The molecule has 150 valence electrons. The molecule has 1 saturated heterocycles. The standard InChI is InChI=1S/C23H16ClFN2O3/c1-13-17(24)3-2-4-18(13)27-20(14-9-11-26-12-10-14)19(22(29)23(27)30)21(28)15-5-7-16(25)8-6-15/h2-12,20,28H,1H3/b21-19+. The van der Waals surface area contributed by atoms with Crippen LogP contribution in [0.25, 0.3) is 5.76 Å². The zero-order chi connectivity index (χ0) is 21.4. The zero-order valence-electron chi connectivity index (χ0n) is 15.8. The van der Waals surface area contributed by atoms with Crippen LogP contribution in [0.4, 0.5) is 10.1 Å². The highest BCUT2D eigenvalue weighted by atomic mass is 35.5. The van der Waals surface area contributed by atoms with E-state index in [-0.39, 0.29) is 16.9 Å². The van der Waals surface area contributed by atoms with Crippen molar-refractivity contribution in [1.29, 1.82) is 0 Å². The summed E-state index contributed by atoms with van der Waals surface area (Å²) >= 11 is 6.25. The van der Waals surface area contributed by atoms with Gasteiger partial charge >= 0.3 is 0 Å². The molecule has 7 heteroatoms. The molecule has 0 radical (unpaired) electrons. The number of nitrogens with zero attached hydrogens (tertiary/aromatic N) is 2. The number of rotatable bonds is 3. The molecule has 4 rings (SSSR count). The number of Topliss-reactive ketones (excluding diaryl/α,β-unsaturated/α-hetero) is 1. The van der Waals surface area contributed by atoms with Crippen LogP contribution in [-0.4, -0.2) is 21.8 Å². The van der Waals surface area contributed by atoms with Crippen molar-refractivity contribution in [3.63, 3.8) is 0 Å². The number of carbonyl (C=O) groups is 2. The van der Waals surface area contributed by atoms with Crippen LogP contribution < -0.4 is 4.90 Å². The molecule has 3 aromatic rings. The molecule has 0 spiro atoms. The van der Waals surface area contributed by atoms with Crippen LogP contribution in [0.3, 0.4) is 0 Å². The first-order valence-electron chi connectivity index (χ1n) is 9.12. The predicted octanol–water partition coefficient (Wildman–Crippen LogP) is 4.81. The summed E-state index contributed by atoms with van der Waals surface area (Å²) < 4.78 is 13.3. The Kier molecular flexibility index (Phi) is 5.10. The molecular formula is C23H16ClFN2O3. The summed E-state index contributed by atoms with van der Waals surface area (Å²) in [5.74, 6) is -2.48. The van der Waals surface area contributed by atoms with E-state index in [1.165, 1.54) is 41.6 Å². The third-order valence-electron chi connectivity index (χ3n) is 5.08. The van der Waals surface area contributed by atoms with E-state index in [1.54, 1.807) is 37.3 Å². The number of benzene rings is 2. The molecule has 30 heavy (non-hydrogen) atoms. The molecule has 0 aliphatic carbocycles. The van der Waals surface area contributed by atoms with Crippen molar-refractivity contribution >= 4 is 34.7 Å². The Labute approximate surface area is 177 Å². The van der Waals surface area contributed by atoms with E-state index in [1.807, 2.05) is 0 Å². The second-order valence-corrected chi connectivity index (χ2v) is 7.25. The third-order valence-corrected chi connectivity index (χ3v) is 5.49. The Balaban J connectivity index is 1.97. The molecule has 2 aromatic carbocycles. The molecule has 1 aliphatic heterocycles. The largest absolute Gasteiger partial charge is 0.507 e. The molecular weight excluding hydrogens is 407 g/mol. The normalized spacial score (nSPS) is 18.1. The molecule has 1 atom stereocenters. The Bertz CT molecular complexity index is 1180. The van der Waals surface area contributed by atoms with E-state index in [0.717, 1.165) is 0 Å². The van der Waals surface area contributed by atoms with Gasteiger partial charge in [-0.2, -0.15) is 0 Å². The molecule has 1 N–H and O–H groups in total. The van der Waals surface area contributed by atoms with Crippen LogP contribution in [0.2, 0.25) is 5.02 Å². The van der Waals surface area contributed by atoms with Crippen molar-refractivity contribution in [3.05, 3.63) is 100 Å². The minimum atomic E-state index is -0.893. The van der Waals surface area contributed by atoms with Gasteiger partial charge in [-0.05, 0) is 66.6 Å². The lowest BCUT2D eigenvalue weighted by Crippen LogP contribution is -2.30. The van der Waals surface area contributed by atoms with Gasteiger partial charge in [0, 0.05) is 28.7 Å². The molecule has 1 unspecified atom stereocenters. The summed E-state index contributed by atoms with van der Waals surface area (Å²) in [6.45, 7) is 1.75. The predicted molar refractivity (Wildman–Crippen MR) is 112 cm³/mol. The minimum Gasteiger partial charge on any atom is -0.507 e. The summed E-state index contributed by atoms with van der Waals surface area (Å²) in [6, 6.07) is 12.6. The Morgan fingerprint density at radius 2 is 1.73 bits per heavy atom. The fraction of sp³-hybridized carbons (Fsp3) is 0.0870. The van der Waals surface area contributed by atoms with Crippen LogP contribution in [0.1, 0.15) is 22.7 Å². The summed E-state index contributed by atoms with van der Waals surface area (Å²) in [5, 5.41) is 11.4. The van der Waals surface area contributed by atoms with Gasteiger partial charge in [-0.15, -0.1) is 0 Å². The highest BCUT2D eigenvalue weighted by molar-refractivity contribution is 6.52. The quantitative estimate of drug-likeness (QED) is 0.373. The van der Waals surface area contributed by atoms with Gasteiger partial charge in [0.05, 0.1) is 11.6 Å². The smallest absolute Gasteiger partial charge is 0.300 e. The van der Waals surface area contributed by atoms with Gasteiger partial charge in [-0.3, -0.25) is 19.5 Å². The second kappa shape index (κ2) is 7.72. The number of aromatic nitrogens is 1. The number of anilines is 1. The highest BCUT2D eigenvalue weighted by Crippen LogP contribution is 2.43. The first-order chi connectivity index (χ1) is 14.4. The molecule has 5 nitrogen and oxygen atoms in total. The van der Waals surface area contributed by atoms with E-state index in [4.69, 9.17) is 11.6 Å². The van der Waals surface area contributed by atoms with Crippen LogP contribution in [0.5, 0.6) is 0 Å². The number of aliphatic hydroxyl groups excluding tert-OH is 1. The van der Waals surface area contributed by atoms with Crippen LogP contribution in [-0.2, 0) is 9.59 Å². The first kappa shape index (κ1) is 19.8. The van der Waals surface area contributed by atoms with Crippen molar-refractivity contribution in [2.24, 2.45) is 0 Å². The molecule has 1 amide bonds. The number of pyridine rings is 1. The van der Waals surface area contributed by atoms with E-state index in [2.05, 4.69) is 4.98 Å². The van der Waals surface area contributed by atoms with E-state index in [0.29, 0.717) is 21.8 Å². The maximum Gasteiger partial charge on any atom is 0.300 e. The summed E-state index contributed by atoms with van der Waals surface area (Å²) in [5.41, 5.74) is 1.83. The number of amides is 1. The second-order valence-electron chi connectivity index (χ2n) is 6.84. The number of hydrogen-bond acceptors (Lipinski definition) is 4. The molecule has 0 bridgehead atoms. The van der Waals surface area contributed by atoms with Gasteiger partial charge in [-0.25, -0.2) is 4.39 Å². The average molecular weight is 423 g/mol.